The zero-order valence-corrected chi connectivity index (χ0v) is 8.85. The minimum Gasteiger partial charge on any atom is -0.389 e. The topological polar surface area (TPSA) is 69.6 Å². The van der Waals surface area contributed by atoms with Gasteiger partial charge in [-0.05, 0) is 18.7 Å². The first-order chi connectivity index (χ1) is 7.61. The van der Waals surface area contributed by atoms with E-state index in [-0.39, 0.29) is 17.7 Å². The monoisotopic (exact) mass is 227 g/mol. The van der Waals surface area contributed by atoms with Crippen LogP contribution in [-0.4, -0.2) is 36.2 Å². The number of halogens is 1. The molecule has 5 heteroatoms. The van der Waals surface area contributed by atoms with E-state index in [1.807, 2.05) is 0 Å². The largest absolute Gasteiger partial charge is 0.389 e. The van der Waals surface area contributed by atoms with Crippen LogP contribution in [0.4, 0.5) is 4.39 Å². The zero-order chi connectivity index (χ0) is 12.1. The summed E-state index contributed by atoms with van der Waals surface area (Å²) in [6.45, 7) is 0.149. The first kappa shape index (κ1) is 12.8. The molecule has 3 N–H and O–H groups in total. The number of aliphatic hydroxyl groups excluding tert-OH is 2. The highest BCUT2D eigenvalue weighted by Gasteiger charge is 2.21. The van der Waals surface area contributed by atoms with Gasteiger partial charge in [-0.3, -0.25) is 4.79 Å². The van der Waals surface area contributed by atoms with Crippen molar-refractivity contribution in [2.24, 2.45) is 0 Å². The summed E-state index contributed by atoms with van der Waals surface area (Å²) < 4.78 is 13.2. The second-order valence-corrected chi connectivity index (χ2v) is 3.43. The number of hydrogen-bond donors (Lipinski definition) is 3. The number of carbonyl (C=O) groups is 1. The fraction of sp³-hybridized carbons (Fsp3) is 0.364. The van der Waals surface area contributed by atoms with Crippen molar-refractivity contribution >= 4 is 6.29 Å². The van der Waals surface area contributed by atoms with Gasteiger partial charge in [-0.1, -0.05) is 12.1 Å². The Kier molecular flexibility index (Phi) is 4.54. The van der Waals surface area contributed by atoms with Gasteiger partial charge in [0.05, 0.1) is 11.7 Å². The third-order valence-electron chi connectivity index (χ3n) is 2.30. The van der Waals surface area contributed by atoms with Crippen molar-refractivity contribution in [2.75, 3.05) is 13.6 Å². The molecule has 4 nitrogen and oxygen atoms in total. The molecule has 1 aromatic rings. The smallest absolute Gasteiger partial charge is 0.153 e. The quantitative estimate of drug-likeness (QED) is 0.631. The number of carbonyl (C=O) groups excluding carboxylic acids is 1. The fourth-order valence-electron chi connectivity index (χ4n) is 1.46. The van der Waals surface area contributed by atoms with Crippen molar-refractivity contribution in [3.63, 3.8) is 0 Å². The molecule has 0 aromatic heterocycles. The summed E-state index contributed by atoms with van der Waals surface area (Å²) in [7, 11) is 1.61. The lowest BCUT2D eigenvalue weighted by atomic mass is 9.99. The predicted molar refractivity (Wildman–Crippen MR) is 56.7 cm³/mol. The van der Waals surface area contributed by atoms with Gasteiger partial charge in [0.1, 0.15) is 11.9 Å². The Morgan fingerprint density at radius 3 is 2.75 bits per heavy atom. The van der Waals surface area contributed by atoms with Crippen molar-refractivity contribution in [2.45, 2.75) is 12.2 Å². The van der Waals surface area contributed by atoms with Gasteiger partial charge in [0.2, 0.25) is 0 Å². The molecule has 2 unspecified atom stereocenters. The Bertz CT molecular complexity index is 370. The molecule has 16 heavy (non-hydrogen) atoms. The van der Waals surface area contributed by atoms with Crippen molar-refractivity contribution < 1.29 is 19.4 Å². The molecule has 0 bridgehead atoms. The summed E-state index contributed by atoms with van der Waals surface area (Å²) in [5.41, 5.74) is -0.122. The number of benzene rings is 1. The van der Waals surface area contributed by atoms with E-state index in [1.54, 1.807) is 7.05 Å². The van der Waals surface area contributed by atoms with Crippen LogP contribution in [0.15, 0.2) is 18.2 Å². The average molecular weight is 227 g/mol. The lowest BCUT2D eigenvalue weighted by molar-refractivity contribution is 0.0197. The van der Waals surface area contributed by atoms with Crippen LogP contribution in [0.5, 0.6) is 0 Å². The lowest BCUT2D eigenvalue weighted by Gasteiger charge is -2.19. The van der Waals surface area contributed by atoms with Crippen LogP contribution in [0.25, 0.3) is 0 Å². The van der Waals surface area contributed by atoms with Crippen molar-refractivity contribution in [1.29, 1.82) is 0 Å². The summed E-state index contributed by atoms with van der Waals surface area (Å²) in [5.74, 6) is -0.705. The van der Waals surface area contributed by atoms with E-state index in [2.05, 4.69) is 5.32 Å². The van der Waals surface area contributed by atoms with E-state index in [1.165, 1.54) is 12.1 Å². The molecule has 0 radical (unpaired) electrons. The van der Waals surface area contributed by atoms with Gasteiger partial charge in [-0.2, -0.15) is 0 Å². The number of likely N-dealkylation sites (N-methyl/N-ethyl adjacent to an activating group) is 1. The Hall–Kier alpha value is -1.30. The SMILES string of the molecule is CNCC(O)C(O)c1cccc(F)c1C=O. The maximum absolute atomic E-state index is 13.2. The summed E-state index contributed by atoms with van der Waals surface area (Å²) >= 11 is 0. The molecule has 0 aliphatic rings. The molecule has 0 saturated carbocycles. The van der Waals surface area contributed by atoms with E-state index in [0.29, 0.717) is 6.29 Å². The predicted octanol–water partition coefficient (Wildman–Crippen LogP) is 0.252. The number of nitrogens with one attached hydrogen (secondary N) is 1. The third kappa shape index (κ3) is 2.63. The maximum atomic E-state index is 13.2. The van der Waals surface area contributed by atoms with Crippen LogP contribution >= 0.6 is 0 Å². The fourth-order valence-corrected chi connectivity index (χ4v) is 1.46. The molecule has 2 atom stereocenters. The molecule has 0 amide bonds. The van der Waals surface area contributed by atoms with Crippen molar-refractivity contribution in [1.82, 2.24) is 5.32 Å². The second kappa shape index (κ2) is 5.69. The van der Waals surface area contributed by atoms with Gasteiger partial charge in [0.15, 0.2) is 6.29 Å². The van der Waals surface area contributed by atoms with Crippen LogP contribution in [0.3, 0.4) is 0 Å². The van der Waals surface area contributed by atoms with Gasteiger partial charge in [0.25, 0.3) is 0 Å². The van der Waals surface area contributed by atoms with Crippen LogP contribution in [0.2, 0.25) is 0 Å². The minimum atomic E-state index is -1.29. The molecule has 0 heterocycles. The first-order valence-corrected chi connectivity index (χ1v) is 4.86. The highest BCUT2D eigenvalue weighted by Crippen LogP contribution is 2.21. The van der Waals surface area contributed by atoms with Gasteiger partial charge >= 0.3 is 0 Å². The molecule has 0 aliphatic carbocycles. The molecular weight excluding hydrogens is 213 g/mol. The minimum absolute atomic E-state index is 0.0951. The van der Waals surface area contributed by atoms with Crippen LogP contribution < -0.4 is 5.32 Å². The third-order valence-corrected chi connectivity index (χ3v) is 2.30. The van der Waals surface area contributed by atoms with Gasteiger partial charge in [-0.15, -0.1) is 0 Å². The summed E-state index contributed by atoms with van der Waals surface area (Å²) in [6, 6.07) is 3.92. The summed E-state index contributed by atoms with van der Waals surface area (Å²) in [4.78, 5) is 10.7. The van der Waals surface area contributed by atoms with E-state index in [0.717, 1.165) is 6.07 Å². The normalized spacial score (nSPS) is 14.5. The van der Waals surface area contributed by atoms with Gasteiger partial charge in [-0.25, -0.2) is 4.39 Å². The van der Waals surface area contributed by atoms with E-state index >= 15 is 0 Å². The van der Waals surface area contributed by atoms with E-state index in [9.17, 15) is 19.4 Å². The Balaban J connectivity index is 3.03. The van der Waals surface area contributed by atoms with Crippen LogP contribution in [-0.2, 0) is 0 Å². The molecule has 0 aliphatic heterocycles. The number of aliphatic hydroxyl groups is 2. The van der Waals surface area contributed by atoms with E-state index < -0.39 is 18.0 Å². The van der Waals surface area contributed by atoms with Crippen LogP contribution in [0.1, 0.15) is 22.0 Å². The Labute approximate surface area is 92.7 Å². The Morgan fingerprint density at radius 2 is 2.19 bits per heavy atom. The Morgan fingerprint density at radius 1 is 1.50 bits per heavy atom. The first-order valence-electron chi connectivity index (χ1n) is 4.86. The highest BCUT2D eigenvalue weighted by molar-refractivity contribution is 5.77. The molecule has 0 spiro atoms. The number of aldehydes is 1. The van der Waals surface area contributed by atoms with Gasteiger partial charge < -0.3 is 15.5 Å². The molecular formula is C11H14FNO3. The molecule has 1 aromatic carbocycles. The molecule has 0 saturated heterocycles. The van der Waals surface area contributed by atoms with Crippen molar-refractivity contribution in [3.05, 3.63) is 35.1 Å². The number of rotatable bonds is 5. The van der Waals surface area contributed by atoms with Gasteiger partial charge in [0, 0.05) is 6.54 Å². The zero-order valence-electron chi connectivity index (χ0n) is 8.85. The van der Waals surface area contributed by atoms with E-state index in [4.69, 9.17) is 0 Å². The highest BCUT2D eigenvalue weighted by atomic mass is 19.1. The summed E-state index contributed by atoms with van der Waals surface area (Å²) in [5, 5.41) is 22.0. The molecule has 1 rings (SSSR count). The standard InChI is InChI=1S/C11H14FNO3/c1-13-5-10(15)11(16)7-3-2-4-9(12)8(7)6-14/h2-4,6,10-11,13,15-16H,5H2,1H3. The summed E-state index contributed by atoms with van der Waals surface area (Å²) in [6.07, 6.45) is -2.05. The van der Waals surface area contributed by atoms with Crippen LogP contribution in [0, 0.1) is 5.82 Å². The second-order valence-electron chi connectivity index (χ2n) is 3.43. The lowest BCUT2D eigenvalue weighted by Crippen LogP contribution is -2.30. The van der Waals surface area contributed by atoms with Crippen molar-refractivity contribution in [3.8, 4) is 0 Å². The molecule has 0 fully saturated rings. The average Bonchev–Trinajstić information content (AvgIpc) is 2.28. The molecule has 88 valence electrons. The number of hydrogen-bond acceptors (Lipinski definition) is 4. The maximum Gasteiger partial charge on any atom is 0.153 e.